The van der Waals surface area contributed by atoms with E-state index in [0.717, 1.165) is 33.2 Å². The van der Waals surface area contributed by atoms with Gasteiger partial charge in [-0.1, -0.05) is 6.07 Å². The van der Waals surface area contributed by atoms with Gasteiger partial charge in [-0.3, -0.25) is 4.79 Å². The topological polar surface area (TPSA) is 64.4 Å². The van der Waals surface area contributed by atoms with E-state index in [2.05, 4.69) is 10.3 Å². The van der Waals surface area contributed by atoms with Crippen LogP contribution >= 0.6 is 0 Å². The summed E-state index contributed by atoms with van der Waals surface area (Å²) in [7, 11) is 1.60. The zero-order valence-electron chi connectivity index (χ0n) is 14.7. The van der Waals surface area contributed by atoms with E-state index in [1.54, 1.807) is 25.6 Å². The van der Waals surface area contributed by atoms with E-state index in [1.807, 2.05) is 45.0 Å². The standard InChI is InChI=1S/C20H20N2O3/c1-12-6-5-7-21-20(12)22-19(23)8-13(2)15-9-16-14(3)11-25-18(16)10-17(15)24-4/h5-11H,1-4H3,(H,21,22,23)/b13-8+. The smallest absolute Gasteiger partial charge is 0.249 e. The highest BCUT2D eigenvalue weighted by molar-refractivity contribution is 6.04. The summed E-state index contributed by atoms with van der Waals surface area (Å²) >= 11 is 0. The molecule has 1 amide bonds. The second kappa shape index (κ2) is 6.81. The van der Waals surface area contributed by atoms with E-state index in [9.17, 15) is 4.79 Å². The Morgan fingerprint density at radius 3 is 2.80 bits per heavy atom. The summed E-state index contributed by atoms with van der Waals surface area (Å²) in [6.45, 7) is 5.76. The van der Waals surface area contributed by atoms with Crippen molar-refractivity contribution in [2.45, 2.75) is 20.8 Å². The second-order valence-electron chi connectivity index (χ2n) is 5.95. The summed E-state index contributed by atoms with van der Waals surface area (Å²) in [4.78, 5) is 16.5. The quantitative estimate of drug-likeness (QED) is 0.713. The molecule has 0 fully saturated rings. The largest absolute Gasteiger partial charge is 0.496 e. The van der Waals surface area contributed by atoms with Gasteiger partial charge in [0.2, 0.25) is 5.91 Å². The van der Waals surface area contributed by atoms with E-state index < -0.39 is 0 Å². The lowest BCUT2D eigenvalue weighted by atomic mass is 10.0. The number of methoxy groups -OCH3 is 1. The van der Waals surface area contributed by atoms with Crippen LogP contribution in [0.25, 0.3) is 16.5 Å². The minimum Gasteiger partial charge on any atom is -0.496 e. The summed E-state index contributed by atoms with van der Waals surface area (Å²) in [6, 6.07) is 7.56. The number of aromatic nitrogens is 1. The number of carbonyl (C=O) groups is 1. The first-order valence-corrected chi connectivity index (χ1v) is 7.96. The van der Waals surface area contributed by atoms with E-state index >= 15 is 0 Å². The van der Waals surface area contributed by atoms with Crippen molar-refractivity contribution in [3.63, 3.8) is 0 Å². The van der Waals surface area contributed by atoms with Gasteiger partial charge < -0.3 is 14.5 Å². The number of ether oxygens (including phenoxy) is 1. The average molecular weight is 336 g/mol. The number of amides is 1. The minimum absolute atomic E-state index is 0.231. The third-order valence-corrected chi connectivity index (χ3v) is 4.11. The summed E-state index contributed by atoms with van der Waals surface area (Å²) in [6.07, 6.45) is 4.91. The van der Waals surface area contributed by atoms with Crippen molar-refractivity contribution in [1.82, 2.24) is 4.98 Å². The molecule has 0 saturated heterocycles. The highest BCUT2D eigenvalue weighted by Gasteiger charge is 2.12. The average Bonchev–Trinajstić information content (AvgIpc) is 2.96. The number of fused-ring (bicyclic) bond motifs is 1. The van der Waals surface area contributed by atoms with Crippen molar-refractivity contribution in [1.29, 1.82) is 0 Å². The van der Waals surface area contributed by atoms with Gasteiger partial charge in [-0.2, -0.15) is 0 Å². The molecule has 0 spiro atoms. The van der Waals surface area contributed by atoms with Gasteiger partial charge in [-0.25, -0.2) is 4.98 Å². The van der Waals surface area contributed by atoms with Gasteiger partial charge in [0.15, 0.2) is 0 Å². The first-order valence-electron chi connectivity index (χ1n) is 7.96. The lowest BCUT2D eigenvalue weighted by Crippen LogP contribution is -2.11. The van der Waals surface area contributed by atoms with Crippen LogP contribution < -0.4 is 10.1 Å². The SMILES string of the molecule is COc1cc2occ(C)c2cc1/C(C)=C/C(=O)Nc1ncccc1C. The van der Waals surface area contributed by atoms with Crippen molar-refractivity contribution < 1.29 is 13.9 Å². The number of furan rings is 1. The van der Waals surface area contributed by atoms with Gasteiger partial charge in [0.05, 0.1) is 13.4 Å². The zero-order chi connectivity index (χ0) is 18.0. The van der Waals surface area contributed by atoms with Crippen molar-refractivity contribution in [3.8, 4) is 5.75 Å². The molecular formula is C20H20N2O3. The maximum Gasteiger partial charge on any atom is 0.249 e. The highest BCUT2D eigenvalue weighted by atomic mass is 16.5. The number of hydrogen-bond donors (Lipinski definition) is 1. The molecule has 1 N–H and O–H groups in total. The zero-order valence-corrected chi connectivity index (χ0v) is 14.7. The maximum absolute atomic E-state index is 12.3. The Bertz CT molecular complexity index is 970. The predicted octanol–water partition coefficient (Wildman–Crippen LogP) is 4.50. The second-order valence-corrected chi connectivity index (χ2v) is 5.95. The van der Waals surface area contributed by atoms with Crippen LogP contribution in [0.2, 0.25) is 0 Å². The van der Waals surface area contributed by atoms with Crippen LogP contribution in [-0.4, -0.2) is 18.0 Å². The van der Waals surface area contributed by atoms with Crippen LogP contribution in [-0.2, 0) is 4.79 Å². The van der Waals surface area contributed by atoms with Gasteiger partial charge in [-0.05, 0) is 49.6 Å². The van der Waals surface area contributed by atoms with Crippen LogP contribution in [0.4, 0.5) is 5.82 Å². The molecule has 0 aliphatic heterocycles. The first-order chi connectivity index (χ1) is 12.0. The Hall–Kier alpha value is -3.08. The lowest BCUT2D eigenvalue weighted by molar-refractivity contribution is -0.111. The monoisotopic (exact) mass is 336 g/mol. The number of anilines is 1. The summed E-state index contributed by atoms with van der Waals surface area (Å²) in [5, 5.41) is 3.81. The Morgan fingerprint density at radius 1 is 1.28 bits per heavy atom. The molecular weight excluding hydrogens is 316 g/mol. The Balaban J connectivity index is 1.93. The fourth-order valence-electron chi connectivity index (χ4n) is 2.70. The van der Waals surface area contributed by atoms with Gasteiger partial charge in [0, 0.05) is 29.3 Å². The number of aryl methyl sites for hydroxylation is 2. The summed E-state index contributed by atoms with van der Waals surface area (Å²) in [5.74, 6) is 0.993. The number of pyridine rings is 1. The fraction of sp³-hybridized carbons (Fsp3) is 0.200. The Morgan fingerprint density at radius 2 is 2.08 bits per heavy atom. The van der Waals surface area contributed by atoms with Gasteiger partial charge in [0.1, 0.15) is 17.2 Å². The molecule has 1 aromatic carbocycles. The van der Waals surface area contributed by atoms with Crippen molar-refractivity contribution in [2.75, 3.05) is 12.4 Å². The molecule has 2 heterocycles. The molecule has 0 bridgehead atoms. The number of hydrogen-bond acceptors (Lipinski definition) is 4. The van der Waals surface area contributed by atoms with Crippen molar-refractivity contribution in [3.05, 3.63) is 59.5 Å². The molecule has 0 saturated carbocycles. The van der Waals surface area contributed by atoms with Gasteiger partial charge in [-0.15, -0.1) is 0 Å². The number of carbonyl (C=O) groups excluding carboxylic acids is 1. The van der Waals surface area contributed by atoms with Crippen molar-refractivity contribution >= 4 is 28.3 Å². The molecule has 0 aliphatic rings. The number of rotatable bonds is 4. The molecule has 0 unspecified atom stereocenters. The van der Waals surface area contributed by atoms with Crippen LogP contribution in [0.1, 0.15) is 23.6 Å². The molecule has 5 heteroatoms. The summed E-state index contributed by atoms with van der Waals surface area (Å²) < 4.78 is 11.0. The molecule has 2 aromatic heterocycles. The van der Waals surface area contributed by atoms with E-state index in [0.29, 0.717) is 11.6 Å². The molecule has 0 atom stereocenters. The van der Waals surface area contributed by atoms with E-state index in [1.165, 1.54) is 0 Å². The highest BCUT2D eigenvalue weighted by Crippen LogP contribution is 2.33. The van der Waals surface area contributed by atoms with Crippen LogP contribution in [0.15, 0.2) is 47.2 Å². The predicted molar refractivity (Wildman–Crippen MR) is 98.8 cm³/mol. The molecule has 128 valence electrons. The first kappa shape index (κ1) is 16.8. The Kier molecular flexibility index (Phi) is 4.57. The van der Waals surface area contributed by atoms with Crippen LogP contribution in [0, 0.1) is 13.8 Å². The molecule has 3 aromatic rings. The van der Waals surface area contributed by atoms with Crippen LogP contribution in [0.3, 0.4) is 0 Å². The maximum atomic E-state index is 12.3. The number of benzene rings is 1. The number of nitrogens with one attached hydrogen (secondary N) is 1. The Labute approximate surface area is 146 Å². The van der Waals surface area contributed by atoms with E-state index in [-0.39, 0.29) is 5.91 Å². The molecule has 5 nitrogen and oxygen atoms in total. The third kappa shape index (κ3) is 3.40. The fourth-order valence-corrected chi connectivity index (χ4v) is 2.70. The minimum atomic E-state index is -0.231. The van der Waals surface area contributed by atoms with Crippen molar-refractivity contribution in [2.24, 2.45) is 0 Å². The molecule has 25 heavy (non-hydrogen) atoms. The van der Waals surface area contributed by atoms with Crippen LogP contribution in [0.5, 0.6) is 5.75 Å². The van der Waals surface area contributed by atoms with E-state index in [4.69, 9.17) is 9.15 Å². The normalized spacial score (nSPS) is 11.6. The molecule has 0 aliphatic carbocycles. The number of nitrogens with zero attached hydrogens (tertiary/aromatic N) is 1. The third-order valence-electron chi connectivity index (χ3n) is 4.11. The molecule has 0 radical (unpaired) electrons. The number of allylic oxidation sites excluding steroid dienone is 1. The lowest BCUT2D eigenvalue weighted by Gasteiger charge is -2.10. The van der Waals surface area contributed by atoms with Gasteiger partial charge >= 0.3 is 0 Å². The van der Waals surface area contributed by atoms with Gasteiger partial charge in [0.25, 0.3) is 0 Å². The molecule has 3 rings (SSSR count). The summed E-state index contributed by atoms with van der Waals surface area (Å²) in [5.41, 5.74) is 4.37.